The van der Waals surface area contributed by atoms with Crippen molar-refractivity contribution in [3.05, 3.63) is 29.3 Å². The third kappa shape index (κ3) is 2.59. The zero-order chi connectivity index (χ0) is 14.8. The van der Waals surface area contributed by atoms with Gasteiger partial charge in [-0.3, -0.25) is 4.79 Å². The van der Waals surface area contributed by atoms with E-state index >= 15 is 0 Å². The molecule has 0 unspecified atom stereocenters. The highest BCUT2D eigenvalue weighted by atomic mass is 16.2. The Hall–Kier alpha value is -1.35. The molecular weight excluding hydrogens is 248 g/mol. The molecule has 20 heavy (non-hydrogen) atoms. The maximum Gasteiger partial charge on any atom is 0.231 e. The number of hydrogen-bond acceptors (Lipinski definition) is 2. The summed E-state index contributed by atoms with van der Waals surface area (Å²) in [6.45, 7) is 6.86. The lowest BCUT2D eigenvalue weighted by Gasteiger charge is -2.44. The van der Waals surface area contributed by atoms with Gasteiger partial charge in [-0.25, -0.2) is 0 Å². The van der Waals surface area contributed by atoms with Crippen molar-refractivity contribution in [3.8, 4) is 0 Å². The number of amides is 1. The Balaban J connectivity index is 2.23. The first kappa shape index (κ1) is 15.0. The molecule has 0 bridgehead atoms. The van der Waals surface area contributed by atoms with Gasteiger partial charge in [0.1, 0.15) is 0 Å². The molecule has 3 N–H and O–H groups in total. The van der Waals surface area contributed by atoms with Crippen molar-refractivity contribution in [1.82, 2.24) is 0 Å². The third-order valence-electron chi connectivity index (χ3n) is 4.59. The van der Waals surface area contributed by atoms with E-state index in [1.54, 1.807) is 0 Å². The second-order valence-electron chi connectivity index (χ2n) is 6.11. The molecule has 1 aliphatic carbocycles. The molecule has 1 fully saturated rings. The van der Waals surface area contributed by atoms with Crippen LogP contribution in [0.2, 0.25) is 0 Å². The number of carbonyl (C=O) groups excluding carboxylic acids is 1. The first-order chi connectivity index (χ1) is 9.56. The molecule has 0 radical (unpaired) electrons. The van der Waals surface area contributed by atoms with Crippen LogP contribution in [0, 0.1) is 11.3 Å². The summed E-state index contributed by atoms with van der Waals surface area (Å²) in [4.78, 5) is 12.6. The normalized spacial score (nSPS) is 25.1. The lowest BCUT2D eigenvalue weighted by molar-refractivity contribution is -0.132. The average Bonchev–Trinajstić information content (AvgIpc) is 2.43. The highest BCUT2D eigenvalue weighted by Gasteiger charge is 2.47. The predicted molar refractivity (Wildman–Crippen MR) is 83.7 cm³/mol. The zero-order valence-corrected chi connectivity index (χ0v) is 12.8. The van der Waals surface area contributed by atoms with E-state index in [1.165, 1.54) is 11.1 Å². The van der Waals surface area contributed by atoms with Gasteiger partial charge < -0.3 is 11.1 Å². The first-order valence-corrected chi connectivity index (χ1v) is 7.68. The number of aryl methyl sites for hydroxylation is 2. The van der Waals surface area contributed by atoms with E-state index in [2.05, 4.69) is 44.3 Å². The molecule has 0 heterocycles. The van der Waals surface area contributed by atoms with Crippen molar-refractivity contribution in [2.45, 2.75) is 46.5 Å². The number of carbonyl (C=O) groups is 1. The molecule has 1 aromatic rings. The number of hydrogen-bond donors (Lipinski definition) is 2. The van der Waals surface area contributed by atoms with Crippen LogP contribution in [0.5, 0.6) is 0 Å². The molecule has 0 saturated heterocycles. The Morgan fingerprint density at radius 3 is 2.25 bits per heavy atom. The first-order valence-electron chi connectivity index (χ1n) is 7.68. The molecule has 1 aromatic carbocycles. The van der Waals surface area contributed by atoms with Crippen molar-refractivity contribution in [1.29, 1.82) is 0 Å². The van der Waals surface area contributed by atoms with Gasteiger partial charge in [0.15, 0.2) is 0 Å². The molecule has 0 atom stereocenters. The molecule has 0 aliphatic heterocycles. The minimum absolute atomic E-state index is 0.105. The molecule has 1 saturated carbocycles. The van der Waals surface area contributed by atoms with Crippen molar-refractivity contribution < 1.29 is 4.79 Å². The number of para-hydroxylation sites is 1. The predicted octanol–water partition coefficient (Wildman–Crippen LogP) is 3.12. The molecular formula is C17H26N2O. The fourth-order valence-corrected chi connectivity index (χ4v) is 3.37. The number of nitrogens with one attached hydrogen (secondary N) is 1. The Kier molecular flexibility index (Phi) is 4.48. The molecule has 110 valence electrons. The van der Waals surface area contributed by atoms with Crippen LogP contribution in [0.1, 0.15) is 44.7 Å². The van der Waals surface area contributed by atoms with Crippen LogP contribution in [0.15, 0.2) is 18.2 Å². The Morgan fingerprint density at radius 2 is 1.85 bits per heavy atom. The summed E-state index contributed by atoms with van der Waals surface area (Å²) in [5.74, 6) is 0.713. The van der Waals surface area contributed by atoms with Crippen molar-refractivity contribution >= 4 is 11.6 Å². The molecule has 2 rings (SSSR count). The van der Waals surface area contributed by atoms with Crippen LogP contribution in [-0.4, -0.2) is 12.5 Å². The van der Waals surface area contributed by atoms with E-state index in [4.69, 9.17) is 5.73 Å². The Labute approximate surface area is 121 Å². The quantitative estimate of drug-likeness (QED) is 0.866. The summed E-state index contributed by atoms with van der Waals surface area (Å²) >= 11 is 0. The van der Waals surface area contributed by atoms with Crippen LogP contribution < -0.4 is 11.1 Å². The number of rotatable bonds is 5. The van der Waals surface area contributed by atoms with Gasteiger partial charge in [0.2, 0.25) is 5.91 Å². The summed E-state index contributed by atoms with van der Waals surface area (Å²) in [6.07, 6.45) is 3.67. The van der Waals surface area contributed by atoms with Crippen molar-refractivity contribution in [3.63, 3.8) is 0 Å². The van der Waals surface area contributed by atoms with E-state index in [1.807, 2.05) is 0 Å². The minimum Gasteiger partial charge on any atom is -0.329 e. The highest BCUT2D eigenvalue weighted by Crippen LogP contribution is 2.45. The second-order valence-corrected chi connectivity index (χ2v) is 6.11. The highest BCUT2D eigenvalue weighted by molar-refractivity contribution is 5.97. The number of anilines is 1. The van der Waals surface area contributed by atoms with Gasteiger partial charge in [-0.15, -0.1) is 0 Å². The van der Waals surface area contributed by atoms with E-state index in [9.17, 15) is 4.79 Å². The molecule has 3 nitrogen and oxygen atoms in total. The number of nitrogens with two attached hydrogens (primary N) is 1. The second kappa shape index (κ2) is 5.96. The van der Waals surface area contributed by atoms with Crippen molar-refractivity contribution in [2.24, 2.45) is 17.1 Å². The molecule has 0 aromatic heterocycles. The summed E-state index contributed by atoms with van der Waals surface area (Å²) in [7, 11) is 0. The van der Waals surface area contributed by atoms with E-state index in [0.29, 0.717) is 12.5 Å². The van der Waals surface area contributed by atoms with Gasteiger partial charge >= 0.3 is 0 Å². The lowest BCUT2D eigenvalue weighted by Crippen LogP contribution is -2.51. The van der Waals surface area contributed by atoms with Crippen LogP contribution in [0.25, 0.3) is 0 Å². The van der Waals surface area contributed by atoms with Crippen LogP contribution in [0.3, 0.4) is 0 Å². The largest absolute Gasteiger partial charge is 0.329 e. The fourth-order valence-electron chi connectivity index (χ4n) is 3.37. The van der Waals surface area contributed by atoms with E-state index in [-0.39, 0.29) is 11.3 Å². The van der Waals surface area contributed by atoms with Gasteiger partial charge in [-0.05, 0) is 42.7 Å². The Bertz CT molecular complexity index is 468. The van der Waals surface area contributed by atoms with Crippen LogP contribution >= 0.6 is 0 Å². The molecule has 3 heteroatoms. The third-order valence-corrected chi connectivity index (χ3v) is 4.59. The van der Waals surface area contributed by atoms with Gasteiger partial charge in [0.05, 0.1) is 5.41 Å². The fraction of sp³-hybridized carbons (Fsp3) is 0.588. The maximum atomic E-state index is 12.6. The zero-order valence-electron chi connectivity index (χ0n) is 12.8. The summed E-state index contributed by atoms with van der Waals surface area (Å²) < 4.78 is 0. The topological polar surface area (TPSA) is 55.1 Å². The SMILES string of the molecule is CCc1cccc(CC)c1NC(=O)C1(CN)CC(C)C1. The van der Waals surface area contributed by atoms with E-state index < -0.39 is 0 Å². The maximum absolute atomic E-state index is 12.6. The molecule has 1 aliphatic rings. The number of benzene rings is 1. The van der Waals surface area contributed by atoms with Gasteiger partial charge in [0, 0.05) is 12.2 Å². The summed E-state index contributed by atoms with van der Waals surface area (Å²) in [5.41, 5.74) is 8.94. The summed E-state index contributed by atoms with van der Waals surface area (Å²) in [5, 5.41) is 3.18. The standard InChI is InChI=1S/C17H26N2O/c1-4-13-7-6-8-14(5-2)15(13)19-16(20)17(11-18)9-12(3)10-17/h6-8,12H,4-5,9-11,18H2,1-3H3,(H,19,20). The van der Waals surface area contributed by atoms with Crippen molar-refractivity contribution in [2.75, 3.05) is 11.9 Å². The molecule has 1 amide bonds. The average molecular weight is 274 g/mol. The van der Waals surface area contributed by atoms with E-state index in [0.717, 1.165) is 31.4 Å². The molecule has 0 spiro atoms. The minimum atomic E-state index is -0.342. The van der Waals surface area contributed by atoms with Crippen LogP contribution in [0.4, 0.5) is 5.69 Å². The van der Waals surface area contributed by atoms with Gasteiger partial charge in [-0.1, -0.05) is 39.0 Å². The monoisotopic (exact) mass is 274 g/mol. The van der Waals surface area contributed by atoms with Crippen LogP contribution in [-0.2, 0) is 17.6 Å². The summed E-state index contributed by atoms with van der Waals surface area (Å²) in [6, 6.07) is 6.25. The van der Waals surface area contributed by atoms with Gasteiger partial charge in [-0.2, -0.15) is 0 Å². The smallest absolute Gasteiger partial charge is 0.231 e. The Morgan fingerprint density at radius 1 is 1.30 bits per heavy atom. The van der Waals surface area contributed by atoms with Gasteiger partial charge in [0.25, 0.3) is 0 Å². The lowest BCUT2D eigenvalue weighted by atomic mass is 9.62.